The SMILES string of the molecule is CCC(C)C1N=CCS1. The molecule has 1 rings (SSSR count). The Kier molecular flexibility index (Phi) is 2.58. The van der Waals surface area contributed by atoms with E-state index in [2.05, 4.69) is 18.8 Å². The van der Waals surface area contributed by atoms with Crippen LogP contribution in [0.15, 0.2) is 4.99 Å². The maximum atomic E-state index is 4.34. The molecule has 0 fully saturated rings. The lowest BCUT2D eigenvalue weighted by atomic mass is 10.1. The largest absolute Gasteiger partial charge is 0.282 e. The molecule has 0 saturated heterocycles. The molecule has 2 heteroatoms. The second kappa shape index (κ2) is 3.25. The molecule has 0 spiro atoms. The van der Waals surface area contributed by atoms with E-state index in [-0.39, 0.29) is 0 Å². The molecule has 1 nitrogen and oxygen atoms in total. The van der Waals surface area contributed by atoms with Gasteiger partial charge in [-0.2, -0.15) is 0 Å². The summed E-state index contributed by atoms with van der Waals surface area (Å²) in [6.45, 7) is 4.49. The Bertz CT molecular complexity index is 111. The van der Waals surface area contributed by atoms with Gasteiger partial charge in [-0.3, -0.25) is 4.99 Å². The quantitative estimate of drug-likeness (QED) is 0.577. The molecule has 1 aliphatic heterocycles. The number of aliphatic imine (C=N–C) groups is 1. The third-order valence-electron chi connectivity index (χ3n) is 1.72. The molecule has 0 aliphatic carbocycles. The Hall–Kier alpha value is 0.0200. The van der Waals surface area contributed by atoms with Gasteiger partial charge in [-0.1, -0.05) is 20.3 Å². The summed E-state index contributed by atoms with van der Waals surface area (Å²) in [5.74, 6) is 1.88. The number of hydrogen-bond acceptors (Lipinski definition) is 2. The van der Waals surface area contributed by atoms with Gasteiger partial charge in [0.05, 0.1) is 5.37 Å². The molecule has 1 aliphatic rings. The zero-order chi connectivity index (χ0) is 6.69. The summed E-state index contributed by atoms with van der Waals surface area (Å²) in [6.07, 6.45) is 3.27. The van der Waals surface area contributed by atoms with Gasteiger partial charge in [0.25, 0.3) is 0 Å². The van der Waals surface area contributed by atoms with E-state index in [4.69, 9.17) is 0 Å². The molecular weight excluding hydrogens is 130 g/mol. The summed E-state index contributed by atoms with van der Waals surface area (Å²) >= 11 is 1.95. The van der Waals surface area contributed by atoms with Gasteiger partial charge in [0, 0.05) is 12.0 Å². The number of thioether (sulfide) groups is 1. The molecule has 0 aromatic rings. The van der Waals surface area contributed by atoms with Crippen molar-refractivity contribution < 1.29 is 0 Å². The van der Waals surface area contributed by atoms with Crippen LogP contribution < -0.4 is 0 Å². The van der Waals surface area contributed by atoms with Crippen LogP contribution in [0.3, 0.4) is 0 Å². The average molecular weight is 143 g/mol. The van der Waals surface area contributed by atoms with Crippen molar-refractivity contribution in [2.24, 2.45) is 10.9 Å². The Morgan fingerprint density at radius 1 is 1.89 bits per heavy atom. The van der Waals surface area contributed by atoms with Crippen LogP contribution in [0.4, 0.5) is 0 Å². The minimum absolute atomic E-state index is 0.565. The summed E-state index contributed by atoms with van der Waals surface area (Å²) in [5.41, 5.74) is 0. The Balaban J connectivity index is 2.33. The molecule has 0 amide bonds. The maximum Gasteiger partial charge on any atom is 0.0976 e. The van der Waals surface area contributed by atoms with Crippen molar-refractivity contribution in [1.29, 1.82) is 0 Å². The fourth-order valence-corrected chi connectivity index (χ4v) is 1.91. The average Bonchev–Trinajstić information content (AvgIpc) is 2.37. The van der Waals surface area contributed by atoms with Crippen LogP contribution in [-0.4, -0.2) is 17.3 Å². The lowest BCUT2D eigenvalue weighted by molar-refractivity contribution is 0.550. The van der Waals surface area contributed by atoms with E-state index in [1.807, 2.05) is 18.0 Å². The monoisotopic (exact) mass is 143 g/mol. The Labute approximate surface area is 60.9 Å². The molecular formula is C7H13NS. The van der Waals surface area contributed by atoms with Gasteiger partial charge in [-0.15, -0.1) is 11.8 Å². The van der Waals surface area contributed by atoms with Crippen molar-refractivity contribution in [3.05, 3.63) is 0 Å². The van der Waals surface area contributed by atoms with Gasteiger partial charge in [-0.25, -0.2) is 0 Å². The van der Waals surface area contributed by atoms with Crippen LogP contribution in [0.5, 0.6) is 0 Å². The molecule has 0 saturated carbocycles. The third kappa shape index (κ3) is 1.71. The Morgan fingerprint density at radius 3 is 3.11 bits per heavy atom. The highest BCUT2D eigenvalue weighted by molar-refractivity contribution is 8.00. The van der Waals surface area contributed by atoms with E-state index in [0.29, 0.717) is 5.37 Å². The summed E-state index contributed by atoms with van der Waals surface area (Å²) in [6, 6.07) is 0. The van der Waals surface area contributed by atoms with Gasteiger partial charge in [0.15, 0.2) is 0 Å². The fraction of sp³-hybridized carbons (Fsp3) is 0.857. The number of rotatable bonds is 2. The highest BCUT2D eigenvalue weighted by Gasteiger charge is 2.16. The summed E-state index contributed by atoms with van der Waals surface area (Å²) in [4.78, 5) is 4.34. The summed E-state index contributed by atoms with van der Waals surface area (Å²) in [7, 11) is 0. The normalized spacial score (nSPS) is 28.9. The number of hydrogen-bond donors (Lipinski definition) is 0. The molecule has 0 aromatic carbocycles. The van der Waals surface area contributed by atoms with Crippen LogP contribution in [0.25, 0.3) is 0 Å². The molecule has 0 radical (unpaired) electrons. The lowest BCUT2D eigenvalue weighted by Crippen LogP contribution is -2.07. The fourth-order valence-electron chi connectivity index (χ4n) is 0.844. The van der Waals surface area contributed by atoms with Crippen molar-refractivity contribution in [3.63, 3.8) is 0 Å². The molecule has 2 atom stereocenters. The minimum Gasteiger partial charge on any atom is -0.282 e. The summed E-state index contributed by atoms with van der Waals surface area (Å²) < 4.78 is 0. The van der Waals surface area contributed by atoms with Crippen molar-refractivity contribution >= 4 is 18.0 Å². The van der Waals surface area contributed by atoms with Crippen LogP contribution in [0.1, 0.15) is 20.3 Å². The van der Waals surface area contributed by atoms with Crippen LogP contribution in [-0.2, 0) is 0 Å². The standard InChI is InChI=1S/C7H13NS/c1-3-6(2)7-8-4-5-9-7/h4,6-7H,3,5H2,1-2H3. The van der Waals surface area contributed by atoms with E-state index in [1.54, 1.807) is 0 Å². The number of nitrogens with zero attached hydrogens (tertiary/aromatic N) is 1. The molecule has 0 aromatic heterocycles. The second-order valence-corrected chi connectivity index (χ2v) is 3.59. The van der Waals surface area contributed by atoms with E-state index >= 15 is 0 Å². The smallest absolute Gasteiger partial charge is 0.0976 e. The maximum absolute atomic E-state index is 4.34. The molecule has 1 heterocycles. The van der Waals surface area contributed by atoms with Gasteiger partial charge < -0.3 is 0 Å². The van der Waals surface area contributed by atoms with E-state index in [0.717, 1.165) is 11.7 Å². The van der Waals surface area contributed by atoms with E-state index < -0.39 is 0 Å². The van der Waals surface area contributed by atoms with Gasteiger partial charge in [0.2, 0.25) is 0 Å². The summed E-state index contributed by atoms with van der Waals surface area (Å²) in [5, 5.41) is 0.565. The molecule has 0 bridgehead atoms. The highest BCUT2D eigenvalue weighted by atomic mass is 32.2. The van der Waals surface area contributed by atoms with Crippen LogP contribution >= 0.6 is 11.8 Å². The van der Waals surface area contributed by atoms with Crippen molar-refractivity contribution in [2.45, 2.75) is 25.6 Å². The van der Waals surface area contributed by atoms with Crippen molar-refractivity contribution in [3.8, 4) is 0 Å². The molecule has 2 unspecified atom stereocenters. The molecule has 0 N–H and O–H groups in total. The molecule has 52 valence electrons. The van der Waals surface area contributed by atoms with E-state index in [1.165, 1.54) is 6.42 Å². The first-order valence-electron chi connectivity index (χ1n) is 3.48. The second-order valence-electron chi connectivity index (χ2n) is 2.44. The van der Waals surface area contributed by atoms with Crippen LogP contribution in [0, 0.1) is 5.92 Å². The van der Waals surface area contributed by atoms with Crippen LogP contribution in [0.2, 0.25) is 0 Å². The third-order valence-corrected chi connectivity index (χ3v) is 2.99. The predicted octanol–water partition coefficient (Wildman–Crippen LogP) is 2.18. The first kappa shape index (κ1) is 7.13. The van der Waals surface area contributed by atoms with Crippen molar-refractivity contribution in [2.75, 3.05) is 5.75 Å². The van der Waals surface area contributed by atoms with Gasteiger partial charge in [0.1, 0.15) is 0 Å². The van der Waals surface area contributed by atoms with Gasteiger partial charge >= 0.3 is 0 Å². The van der Waals surface area contributed by atoms with Crippen molar-refractivity contribution in [1.82, 2.24) is 0 Å². The predicted molar refractivity (Wildman–Crippen MR) is 44.2 cm³/mol. The first-order chi connectivity index (χ1) is 4.34. The molecule has 9 heavy (non-hydrogen) atoms. The van der Waals surface area contributed by atoms with E-state index in [9.17, 15) is 0 Å². The van der Waals surface area contributed by atoms with Gasteiger partial charge in [-0.05, 0) is 5.92 Å². The Morgan fingerprint density at radius 2 is 2.67 bits per heavy atom. The minimum atomic E-state index is 0.565. The lowest BCUT2D eigenvalue weighted by Gasteiger charge is -2.12. The zero-order valence-corrected chi connectivity index (χ0v) is 6.82. The highest BCUT2D eigenvalue weighted by Crippen LogP contribution is 2.25. The first-order valence-corrected chi connectivity index (χ1v) is 4.52. The topological polar surface area (TPSA) is 12.4 Å². The zero-order valence-electron chi connectivity index (χ0n) is 6.00.